The summed E-state index contributed by atoms with van der Waals surface area (Å²) < 4.78 is 25.4. The van der Waals surface area contributed by atoms with Gasteiger partial charge in [0.05, 0.1) is 0 Å². The Hall–Kier alpha value is -0.990. The number of ketones is 1. The lowest BCUT2D eigenvalue weighted by Crippen LogP contribution is -2.09. The maximum absolute atomic E-state index is 12.8. The molecule has 2 aliphatic rings. The average molecular weight is 170 g/mol. The number of halogens is 2. The van der Waals surface area contributed by atoms with Crippen LogP contribution in [0.2, 0.25) is 0 Å². The first-order valence-corrected chi connectivity index (χ1v) is 3.95. The van der Waals surface area contributed by atoms with Gasteiger partial charge in [-0.25, -0.2) is 8.78 Å². The van der Waals surface area contributed by atoms with Crippen molar-refractivity contribution in [1.29, 1.82) is 0 Å². The van der Waals surface area contributed by atoms with Gasteiger partial charge in [-0.2, -0.15) is 0 Å². The Balaban J connectivity index is 2.38. The summed E-state index contributed by atoms with van der Waals surface area (Å²) in [5.41, 5.74) is 1.20. The van der Waals surface area contributed by atoms with Gasteiger partial charge in [-0.1, -0.05) is 5.57 Å². The van der Waals surface area contributed by atoms with Crippen LogP contribution in [0, 0.1) is 0 Å². The van der Waals surface area contributed by atoms with Crippen molar-refractivity contribution in [3.63, 3.8) is 0 Å². The largest absolute Gasteiger partial charge is 0.294 e. The predicted octanol–water partition coefficient (Wildman–Crippen LogP) is 2.24. The molecule has 0 amide bonds. The molecule has 3 heteroatoms. The van der Waals surface area contributed by atoms with Crippen LogP contribution in [-0.2, 0) is 4.79 Å². The lowest BCUT2D eigenvalue weighted by Gasteiger charge is -2.12. The van der Waals surface area contributed by atoms with Gasteiger partial charge in [-0.3, -0.25) is 4.79 Å². The van der Waals surface area contributed by atoms with E-state index in [0.29, 0.717) is 18.4 Å². The minimum Gasteiger partial charge on any atom is -0.294 e. The topological polar surface area (TPSA) is 17.1 Å². The molecule has 2 rings (SSSR count). The number of hydrogen-bond acceptors (Lipinski definition) is 1. The SMILES string of the molecule is O=C1CCC2=C1C=C(F)C(F)C2. The molecule has 2 aliphatic carbocycles. The third kappa shape index (κ3) is 1.00. The van der Waals surface area contributed by atoms with Crippen LogP contribution in [0.5, 0.6) is 0 Å². The summed E-state index contributed by atoms with van der Waals surface area (Å²) in [5, 5.41) is 0. The summed E-state index contributed by atoms with van der Waals surface area (Å²) in [6, 6.07) is 0. The lowest BCUT2D eigenvalue weighted by molar-refractivity contribution is -0.114. The number of Topliss-reactive ketones (excluding diaryl/α,β-unsaturated/α-hetero) is 1. The maximum atomic E-state index is 12.8. The molecule has 0 aromatic heterocycles. The van der Waals surface area contributed by atoms with E-state index in [-0.39, 0.29) is 12.2 Å². The Bertz CT molecular complexity index is 302. The molecule has 0 aromatic carbocycles. The average Bonchev–Trinajstić information content (AvgIpc) is 2.35. The van der Waals surface area contributed by atoms with Gasteiger partial charge in [-0.05, 0) is 12.5 Å². The minimum absolute atomic E-state index is 0.0490. The molecule has 0 saturated carbocycles. The van der Waals surface area contributed by atoms with Gasteiger partial charge in [0.2, 0.25) is 0 Å². The summed E-state index contributed by atoms with van der Waals surface area (Å²) in [7, 11) is 0. The normalized spacial score (nSPS) is 29.0. The highest BCUT2D eigenvalue weighted by Crippen LogP contribution is 2.35. The Labute approximate surface area is 68.8 Å². The van der Waals surface area contributed by atoms with Crippen molar-refractivity contribution in [2.45, 2.75) is 25.4 Å². The van der Waals surface area contributed by atoms with E-state index in [1.807, 2.05) is 0 Å². The van der Waals surface area contributed by atoms with Crippen LogP contribution in [-0.4, -0.2) is 12.0 Å². The monoisotopic (exact) mass is 170 g/mol. The zero-order valence-electron chi connectivity index (χ0n) is 6.44. The fourth-order valence-electron chi connectivity index (χ4n) is 1.67. The molecule has 0 aromatic rings. The first-order chi connectivity index (χ1) is 5.68. The number of rotatable bonds is 0. The third-order valence-corrected chi connectivity index (χ3v) is 2.34. The molecule has 0 N–H and O–H groups in total. The van der Waals surface area contributed by atoms with Crippen LogP contribution in [0.4, 0.5) is 8.78 Å². The third-order valence-electron chi connectivity index (χ3n) is 2.34. The molecular formula is C9H8F2O. The Morgan fingerprint density at radius 2 is 2.17 bits per heavy atom. The molecule has 0 bridgehead atoms. The van der Waals surface area contributed by atoms with Crippen LogP contribution >= 0.6 is 0 Å². The molecule has 12 heavy (non-hydrogen) atoms. The summed E-state index contributed by atoms with van der Waals surface area (Å²) in [4.78, 5) is 11.1. The van der Waals surface area contributed by atoms with E-state index in [4.69, 9.17) is 0 Å². The van der Waals surface area contributed by atoms with Gasteiger partial charge >= 0.3 is 0 Å². The molecule has 64 valence electrons. The molecule has 0 heterocycles. The smallest absolute Gasteiger partial charge is 0.163 e. The zero-order valence-corrected chi connectivity index (χ0v) is 6.44. The van der Waals surface area contributed by atoms with Crippen molar-refractivity contribution in [2.75, 3.05) is 0 Å². The number of carbonyl (C=O) groups excluding carboxylic acids is 1. The highest BCUT2D eigenvalue weighted by Gasteiger charge is 2.30. The molecule has 1 unspecified atom stereocenters. The summed E-state index contributed by atoms with van der Waals surface area (Å²) >= 11 is 0. The van der Waals surface area contributed by atoms with E-state index in [1.54, 1.807) is 0 Å². The van der Waals surface area contributed by atoms with Crippen LogP contribution in [0.3, 0.4) is 0 Å². The van der Waals surface area contributed by atoms with Crippen molar-refractivity contribution in [3.05, 3.63) is 23.0 Å². The van der Waals surface area contributed by atoms with Crippen LogP contribution in [0.25, 0.3) is 0 Å². The Morgan fingerprint density at radius 1 is 1.42 bits per heavy atom. The highest BCUT2D eigenvalue weighted by atomic mass is 19.2. The quantitative estimate of drug-likeness (QED) is 0.544. The van der Waals surface area contributed by atoms with E-state index in [1.165, 1.54) is 0 Å². The van der Waals surface area contributed by atoms with Crippen molar-refractivity contribution >= 4 is 5.78 Å². The van der Waals surface area contributed by atoms with E-state index in [2.05, 4.69) is 0 Å². The van der Waals surface area contributed by atoms with Crippen molar-refractivity contribution in [2.24, 2.45) is 0 Å². The zero-order chi connectivity index (χ0) is 8.72. The second-order valence-electron chi connectivity index (χ2n) is 3.14. The second kappa shape index (κ2) is 2.51. The molecule has 1 atom stereocenters. The first kappa shape index (κ1) is 7.65. The molecule has 0 fully saturated rings. The van der Waals surface area contributed by atoms with Gasteiger partial charge in [0.25, 0.3) is 0 Å². The van der Waals surface area contributed by atoms with E-state index < -0.39 is 12.0 Å². The Kier molecular flexibility index (Phi) is 1.60. The van der Waals surface area contributed by atoms with Gasteiger partial charge in [0.1, 0.15) is 5.83 Å². The van der Waals surface area contributed by atoms with E-state index in [0.717, 1.165) is 11.6 Å². The second-order valence-corrected chi connectivity index (χ2v) is 3.14. The molecule has 0 radical (unpaired) electrons. The fraction of sp³-hybridized carbons (Fsp3) is 0.444. The summed E-state index contributed by atoms with van der Waals surface area (Å²) in [6.07, 6.45) is 0.636. The standard InChI is InChI=1S/C9H8F2O/c10-7-3-5-1-2-9(12)6(5)4-8(7)11/h4,7H,1-3H2. The van der Waals surface area contributed by atoms with Crippen LogP contribution in [0.1, 0.15) is 19.3 Å². The van der Waals surface area contributed by atoms with E-state index in [9.17, 15) is 13.6 Å². The number of allylic oxidation sites excluding steroid dienone is 4. The number of alkyl halides is 1. The van der Waals surface area contributed by atoms with Crippen LogP contribution < -0.4 is 0 Å². The highest BCUT2D eigenvalue weighted by molar-refractivity contribution is 6.01. The van der Waals surface area contributed by atoms with Crippen molar-refractivity contribution < 1.29 is 13.6 Å². The molecule has 0 aliphatic heterocycles. The predicted molar refractivity (Wildman–Crippen MR) is 40.0 cm³/mol. The number of carbonyl (C=O) groups is 1. The molecular weight excluding hydrogens is 162 g/mol. The van der Waals surface area contributed by atoms with Gasteiger partial charge in [-0.15, -0.1) is 0 Å². The summed E-state index contributed by atoms with van der Waals surface area (Å²) in [6.45, 7) is 0. The minimum atomic E-state index is -1.52. The lowest BCUT2D eigenvalue weighted by atomic mass is 9.98. The molecule has 0 spiro atoms. The fourth-order valence-corrected chi connectivity index (χ4v) is 1.67. The maximum Gasteiger partial charge on any atom is 0.163 e. The molecule has 1 nitrogen and oxygen atoms in total. The van der Waals surface area contributed by atoms with Crippen molar-refractivity contribution in [3.8, 4) is 0 Å². The van der Waals surface area contributed by atoms with Gasteiger partial charge in [0, 0.05) is 18.4 Å². The first-order valence-electron chi connectivity index (χ1n) is 3.95. The van der Waals surface area contributed by atoms with Crippen molar-refractivity contribution in [1.82, 2.24) is 0 Å². The van der Waals surface area contributed by atoms with E-state index >= 15 is 0 Å². The van der Waals surface area contributed by atoms with Gasteiger partial charge in [0.15, 0.2) is 12.0 Å². The number of hydrogen-bond donors (Lipinski definition) is 0. The molecule has 0 saturated heterocycles. The van der Waals surface area contributed by atoms with Crippen LogP contribution in [0.15, 0.2) is 23.0 Å². The Morgan fingerprint density at radius 3 is 2.92 bits per heavy atom. The van der Waals surface area contributed by atoms with Gasteiger partial charge < -0.3 is 0 Å². The summed E-state index contributed by atoms with van der Waals surface area (Å²) in [5.74, 6) is -0.851.